The number of anilines is 1. The van der Waals surface area contributed by atoms with E-state index in [4.69, 9.17) is 15.2 Å². The molecule has 3 amide bonds. The molecule has 4 aromatic carbocycles. The first-order valence-corrected chi connectivity index (χ1v) is 19.7. The number of nitrogens with two attached hydrogens (primary N) is 1. The van der Waals surface area contributed by atoms with Crippen molar-refractivity contribution in [2.45, 2.75) is 70.6 Å². The number of H-pyrrole nitrogens is 1. The van der Waals surface area contributed by atoms with Crippen molar-refractivity contribution in [2.24, 2.45) is 0 Å². The van der Waals surface area contributed by atoms with Crippen LogP contribution in [0.4, 0.5) is 10.7 Å². The van der Waals surface area contributed by atoms with E-state index in [1.807, 2.05) is 86.8 Å². The molecule has 0 fully saturated rings. The Balaban J connectivity index is 1.16. The molecule has 3 heterocycles. The standard InChI is InChI=1S/C45H47N9O6/c1-27-21-33(55)22-28(2)35(27)25-38(49-41(56)37(51-45(58)59)13-8-19-54-20-18-47-44(54)46)42(57)50-39(24-32-26-48-36-12-7-6-11-34(32)36)43-52-40(53-60-43)23-29-14-16-31(17-15-29)30-9-4-3-5-10-30/h3-7,9-12,14-18,20-22,26,37-39,48,51,55H,8,13,19,23-25H2,1-2H3,(H2,46,47)(H,49,56)(H,50,57)(H,58,59). The molecule has 15 heteroatoms. The van der Waals surface area contributed by atoms with Gasteiger partial charge in [0.25, 0.3) is 0 Å². The van der Waals surface area contributed by atoms with Crippen LogP contribution in [0.15, 0.2) is 114 Å². The lowest BCUT2D eigenvalue weighted by atomic mass is 9.95. The molecule has 0 aliphatic carbocycles. The minimum Gasteiger partial charge on any atom is -0.508 e. The molecule has 15 nitrogen and oxygen atoms in total. The number of para-hydroxylation sites is 1. The summed E-state index contributed by atoms with van der Waals surface area (Å²) in [5, 5.41) is 33.4. The third-order valence-electron chi connectivity index (χ3n) is 10.6. The van der Waals surface area contributed by atoms with Crippen LogP contribution in [0.3, 0.4) is 0 Å². The van der Waals surface area contributed by atoms with E-state index < -0.39 is 36.0 Å². The first kappa shape index (κ1) is 40.8. The molecule has 7 rings (SSSR count). The quantitative estimate of drug-likeness (QED) is 0.0555. The van der Waals surface area contributed by atoms with Crippen molar-refractivity contribution in [3.05, 3.63) is 149 Å². The summed E-state index contributed by atoms with van der Waals surface area (Å²) in [7, 11) is 0. The summed E-state index contributed by atoms with van der Waals surface area (Å²) in [6, 6.07) is 26.0. The highest BCUT2D eigenvalue weighted by Crippen LogP contribution is 2.27. The first-order valence-electron chi connectivity index (χ1n) is 19.7. The van der Waals surface area contributed by atoms with Crippen molar-refractivity contribution < 1.29 is 29.1 Å². The minimum atomic E-state index is -1.39. The minimum absolute atomic E-state index is 0.0365. The first-order chi connectivity index (χ1) is 29.0. The number of phenols is 1. The molecule has 0 saturated carbocycles. The number of amides is 3. The van der Waals surface area contributed by atoms with Gasteiger partial charge < -0.3 is 46.0 Å². The smallest absolute Gasteiger partial charge is 0.405 e. The molecule has 60 heavy (non-hydrogen) atoms. The average Bonchev–Trinajstić information content (AvgIpc) is 3.98. The Bertz CT molecular complexity index is 2560. The van der Waals surface area contributed by atoms with Gasteiger partial charge >= 0.3 is 6.09 Å². The SMILES string of the molecule is Cc1cc(O)cc(C)c1CC(NC(=O)C(CCCn1ccnc1N)NC(=O)O)C(=O)NC(Cc1c[nH]c2ccccc12)c1nc(Cc2ccc(-c3ccccc3)cc2)no1. The largest absolute Gasteiger partial charge is 0.508 e. The number of aryl methyl sites for hydroxylation is 3. The van der Waals surface area contributed by atoms with Crippen molar-refractivity contribution >= 4 is 34.8 Å². The number of aromatic nitrogens is 5. The van der Waals surface area contributed by atoms with E-state index in [1.165, 1.54) is 0 Å². The number of aromatic amines is 1. The maximum atomic E-state index is 14.6. The van der Waals surface area contributed by atoms with E-state index in [9.17, 15) is 24.6 Å². The number of hydrogen-bond acceptors (Lipinski definition) is 9. The zero-order valence-corrected chi connectivity index (χ0v) is 33.3. The summed E-state index contributed by atoms with van der Waals surface area (Å²) in [5.74, 6) is -0.271. The van der Waals surface area contributed by atoms with Crippen LogP contribution in [-0.2, 0) is 35.4 Å². The number of nitrogens with one attached hydrogen (secondary N) is 4. The Morgan fingerprint density at radius 1 is 0.867 bits per heavy atom. The molecular weight excluding hydrogens is 763 g/mol. The second-order valence-electron chi connectivity index (χ2n) is 14.9. The van der Waals surface area contributed by atoms with Crippen molar-refractivity contribution in [1.29, 1.82) is 0 Å². The zero-order valence-electron chi connectivity index (χ0n) is 33.3. The van der Waals surface area contributed by atoms with Crippen molar-refractivity contribution in [3.63, 3.8) is 0 Å². The molecular formula is C45H47N9O6. The summed E-state index contributed by atoms with van der Waals surface area (Å²) < 4.78 is 7.55. The Morgan fingerprint density at radius 2 is 1.57 bits per heavy atom. The Morgan fingerprint density at radius 3 is 2.28 bits per heavy atom. The predicted octanol–water partition coefficient (Wildman–Crippen LogP) is 6.15. The number of nitrogen functional groups attached to an aromatic ring is 1. The Labute approximate surface area is 346 Å². The van der Waals surface area contributed by atoms with Gasteiger partial charge in [-0.25, -0.2) is 9.78 Å². The number of rotatable bonds is 17. The molecule has 8 N–H and O–H groups in total. The predicted molar refractivity (Wildman–Crippen MR) is 226 cm³/mol. The monoisotopic (exact) mass is 809 g/mol. The highest BCUT2D eigenvalue weighted by atomic mass is 16.5. The van der Waals surface area contributed by atoms with E-state index in [2.05, 4.69) is 43.2 Å². The number of benzene rings is 4. The molecule has 0 radical (unpaired) electrons. The summed E-state index contributed by atoms with van der Waals surface area (Å²) in [6.07, 6.45) is 4.92. The highest BCUT2D eigenvalue weighted by molar-refractivity contribution is 5.91. The van der Waals surface area contributed by atoms with Crippen LogP contribution in [0, 0.1) is 13.8 Å². The summed E-state index contributed by atoms with van der Waals surface area (Å²) in [5.41, 5.74) is 13.0. The lowest BCUT2D eigenvalue weighted by Gasteiger charge is -2.25. The summed E-state index contributed by atoms with van der Waals surface area (Å²) in [4.78, 5) is 52.5. The molecule has 3 unspecified atom stereocenters. The topological polar surface area (TPSA) is 226 Å². The number of aromatic hydroxyl groups is 1. The maximum absolute atomic E-state index is 14.6. The van der Waals surface area contributed by atoms with Crippen molar-refractivity contribution in [2.75, 3.05) is 5.73 Å². The summed E-state index contributed by atoms with van der Waals surface area (Å²) in [6.45, 7) is 4.02. The van der Waals surface area contributed by atoms with Gasteiger partial charge in [-0.15, -0.1) is 0 Å². The lowest BCUT2D eigenvalue weighted by Crippen LogP contribution is -2.55. The fourth-order valence-corrected chi connectivity index (χ4v) is 7.49. The van der Waals surface area contributed by atoms with Gasteiger partial charge in [-0.2, -0.15) is 4.98 Å². The highest BCUT2D eigenvalue weighted by Gasteiger charge is 2.31. The number of hydrogen-bond donors (Lipinski definition) is 7. The molecule has 7 aromatic rings. The average molecular weight is 810 g/mol. The molecule has 3 aromatic heterocycles. The fourth-order valence-electron chi connectivity index (χ4n) is 7.49. The van der Waals surface area contributed by atoms with Crippen LogP contribution >= 0.6 is 0 Å². The molecule has 0 saturated heterocycles. The van der Waals surface area contributed by atoms with Crippen molar-refractivity contribution in [3.8, 4) is 16.9 Å². The second kappa shape index (κ2) is 18.4. The van der Waals surface area contributed by atoms with Gasteiger partial charge in [0.15, 0.2) is 11.8 Å². The van der Waals surface area contributed by atoms with Gasteiger partial charge in [0.05, 0.1) is 0 Å². The van der Waals surface area contributed by atoms with E-state index in [-0.39, 0.29) is 30.9 Å². The van der Waals surface area contributed by atoms with E-state index in [0.29, 0.717) is 42.3 Å². The van der Waals surface area contributed by atoms with Crippen LogP contribution in [0.1, 0.15) is 58.4 Å². The number of carbonyl (C=O) groups excluding carboxylic acids is 2. The number of imidazole rings is 1. The molecule has 3 atom stereocenters. The van der Waals surface area contributed by atoms with E-state index >= 15 is 0 Å². The molecule has 0 bridgehead atoms. The normalized spacial score (nSPS) is 12.8. The summed E-state index contributed by atoms with van der Waals surface area (Å²) >= 11 is 0. The fraction of sp³-hybridized carbons (Fsp3) is 0.244. The van der Waals surface area contributed by atoms with Gasteiger partial charge in [0.1, 0.15) is 23.9 Å². The Kier molecular flexibility index (Phi) is 12.5. The van der Waals surface area contributed by atoms with Crippen LogP contribution in [-0.4, -0.2) is 64.9 Å². The van der Waals surface area contributed by atoms with Gasteiger partial charge in [-0.05, 0) is 83.8 Å². The van der Waals surface area contributed by atoms with Gasteiger partial charge in [-0.1, -0.05) is 78.0 Å². The molecule has 0 aliphatic heterocycles. The number of fused-ring (bicyclic) bond motifs is 1. The number of carbonyl (C=O) groups is 3. The van der Waals surface area contributed by atoms with E-state index in [1.54, 1.807) is 29.1 Å². The van der Waals surface area contributed by atoms with Crippen LogP contribution in [0.5, 0.6) is 5.75 Å². The molecule has 308 valence electrons. The molecule has 0 aliphatic rings. The van der Waals surface area contributed by atoms with Crippen LogP contribution in [0.2, 0.25) is 0 Å². The van der Waals surface area contributed by atoms with Crippen LogP contribution < -0.4 is 21.7 Å². The second-order valence-corrected chi connectivity index (χ2v) is 14.9. The van der Waals surface area contributed by atoms with Gasteiger partial charge in [0.2, 0.25) is 17.7 Å². The van der Waals surface area contributed by atoms with Gasteiger partial charge in [0, 0.05) is 55.3 Å². The van der Waals surface area contributed by atoms with Gasteiger partial charge in [-0.3, -0.25) is 9.59 Å². The maximum Gasteiger partial charge on any atom is 0.405 e. The lowest BCUT2D eigenvalue weighted by molar-refractivity contribution is -0.130. The van der Waals surface area contributed by atoms with Crippen LogP contribution in [0.25, 0.3) is 22.0 Å². The number of nitrogens with zero attached hydrogens (tertiary/aromatic N) is 4. The number of carboxylic acid groups (broad SMARTS) is 1. The zero-order chi connectivity index (χ0) is 42.2. The Hall–Kier alpha value is -7.42. The number of phenolic OH excluding ortho intramolecular Hbond substituents is 1. The van der Waals surface area contributed by atoms with Crippen molar-refractivity contribution in [1.82, 2.24) is 40.6 Å². The third kappa shape index (κ3) is 9.99. The third-order valence-corrected chi connectivity index (χ3v) is 10.6. The van der Waals surface area contributed by atoms with E-state index in [0.717, 1.165) is 38.7 Å². The molecule has 0 spiro atoms.